The predicted molar refractivity (Wildman–Crippen MR) is 105 cm³/mol. The maximum atomic E-state index is 12.4. The predicted octanol–water partition coefficient (Wildman–Crippen LogP) is 2.45. The molecule has 2 rings (SSSR count). The Morgan fingerprint density at radius 2 is 1.70 bits per heavy atom. The van der Waals surface area contributed by atoms with Crippen LogP contribution in [0.25, 0.3) is 0 Å². The summed E-state index contributed by atoms with van der Waals surface area (Å²) in [6.45, 7) is 4.90. The van der Waals surface area contributed by atoms with E-state index in [4.69, 9.17) is 4.74 Å². The molecule has 0 bridgehead atoms. The van der Waals surface area contributed by atoms with Gasteiger partial charge in [0.1, 0.15) is 5.75 Å². The molecule has 0 atom stereocenters. The number of nitrogens with one attached hydrogen (secondary N) is 1. The molecule has 0 saturated carbocycles. The number of amides is 1. The van der Waals surface area contributed by atoms with E-state index in [0.717, 1.165) is 12.0 Å². The van der Waals surface area contributed by atoms with E-state index in [9.17, 15) is 13.2 Å². The van der Waals surface area contributed by atoms with E-state index in [-0.39, 0.29) is 17.3 Å². The Morgan fingerprint density at radius 3 is 2.30 bits per heavy atom. The summed E-state index contributed by atoms with van der Waals surface area (Å²) in [5, 5.41) is 0. The standard InChI is InChI=1S/C20H26N2O4S/c1-3-26-19-9-11-20(12-10-19)27(24,25)21-14-16-22(17(2)23)15-13-18-7-5-4-6-8-18/h4-12,21H,3,13-16H2,1-2H3. The van der Waals surface area contributed by atoms with Crippen LogP contribution in [0.1, 0.15) is 19.4 Å². The number of carbonyl (C=O) groups is 1. The fourth-order valence-corrected chi connectivity index (χ4v) is 3.64. The van der Waals surface area contributed by atoms with Crippen LogP contribution >= 0.6 is 0 Å². The summed E-state index contributed by atoms with van der Waals surface area (Å²) in [4.78, 5) is 13.6. The first kappa shape index (κ1) is 20.9. The van der Waals surface area contributed by atoms with E-state index in [0.29, 0.717) is 25.4 Å². The molecule has 0 heterocycles. The second-order valence-corrected chi connectivity index (χ2v) is 7.81. The molecule has 1 amide bonds. The lowest BCUT2D eigenvalue weighted by Gasteiger charge is -2.21. The third kappa shape index (κ3) is 6.69. The lowest BCUT2D eigenvalue weighted by Crippen LogP contribution is -2.38. The number of sulfonamides is 1. The molecule has 0 aliphatic carbocycles. The molecule has 0 aromatic heterocycles. The molecule has 2 aromatic carbocycles. The van der Waals surface area contributed by atoms with Crippen LogP contribution in [0.15, 0.2) is 59.5 Å². The van der Waals surface area contributed by atoms with Gasteiger partial charge in [0, 0.05) is 26.6 Å². The van der Waals surface area contributed by atoms with Crippen LogP contribution < -0.4 is 9.46 Å². The summed E-state index contributed by atoms with van der Waals surface area (Å²) in [7, 11) is -3.62. The fourth-order valence-electron chi connectivity index (χ4n) is 2.62. The van der Waals surface area contributed by atoms with Crippen LogP contribution in [0.3, 0.4) is 0 Å². The van der Waals surface area contributed by atoms with Crippen LogP contribution in [0, 0.1) is 0 Å². The minimum absolute atomic E-state index is 0.0776. The van der Waals surface area contributed by atoms with Crippen molar-refractivity contribution in [2.24, 2.45) is 0 Å². The molecule has 27 heavy (non-hydrogen) atoms. The summed E-state index contributed by atoms with van der Waals surface area (Å²) < 4.78 is 32.6. The van der Waals surface area contributed by atoms with Gasteiger partial charge in [0.25, 0.3) is 0 Å². The van der Waals surface area contributed by atoms with Gasteiger partial charge in [-0.1, -0.05) is 30.3 Å². The van der Waals surface area contributed by atoms with Gasteiger partial charge in [-0.25, -0.2) is 13.1 Å². The first-order chi connectivity index (χ1) is 12.9. The molecule has 0 radical (unpaired) electrons. The van der Waals surface area contributed by atoms with Crippen molar-refractivity contribution in [3.05, 3.63) is 60.2 Å². The van der Waals surface area contributed by atoms with E-state index >= 15 is 0 Å². The Morgan fingerprint density at radius 1 is 1.04 bits per heavy atom. The highest BCUT2D eigenvalue weighted by atomic mass is 32.2. The number of nitrogens with zero attached hydrogens (tertiary/aromatic N) is 1. The zero-order valence-electron chi connectivity index (χ0n) is 15.7. The summed E-state index contributed by atoms with van der Waals surface area (Å²) in [5.41, 5.74) is 1.14. The largest absolute Gasteiger partial charge is 0.494 e. The van der Waals surface area contributed by atoms with Gasteiger partial charge < -0.3 is 9.64 Å². The molecule has 1 N–H and O–H groups in total. The molecule has 0 fully saturated rings. The van der Waals surface area contributed by atoms with Crippen molar-refractivity contribution in [1.29, 1.82) is 0 Å². The molecule has 0 spiro atoms. The molecule has 2 aromatic rings. The van der Waals surface area contributed by atoms with Crippen molar-refractivity contribution in [1.82, 2.24) is 9.62 Å². The average molecular weight is 391 g/mol. The number of benzene rings is 2. The molecule has 0 saturated heterocycles. The van der Waals surface area contributed by atoms with Crippen molar-refractivity contribution < 1.29 is 17.9 Å². The third-order valence-corrected chi connectivity index (χ3v) is 5.55. The molecule has 6 nitrogen and oxygen atoms in total. The minimum Gasteiger partial charge on any atom is -0.494 e. The Bertz CT molecular complexity index is 821. The monoisotopic (exact) mass is 390 g/mol. The number of hydrogen-bond donors (Lipinski definition) is 1. The lowest BCUT2D eigenvalue weighted by molar-refractivity contribution is -0.128. The second-order valence-electron chi connectivity index (χ2n) is 6.04. The van der Waals surface area contributed by atoms with Gasteiger partial charge in [0.05, 0.1) is 11.5 Å². The molecule has 0 unspecified atom stereocenters. The number of hydrogen-bond acceptors (Lipinski definition) is 4. The van der Waals surface area contributed by atoms with E-state index in [1.807, 2.05) is 37.3 Å². The fraction of sp³-hybridized carbons (Fsp3) is 0.350. The van der Waals surface area contributed by atoms with Crippen LogP contribution in [-0.4, -0.2) is 45.5 Å². The van der Waals surface area contributed by atoms with E-state index in [1.54, 1.807) is 17.0 Å². The summed E-state index contributed by atoms with van der Waals surface area (Å²) in [6.07, 6.45) is 0.728. The van der Waals surface area contributed by atoms with Crippen LogP contribution in [0.4, 0.5) is 0 Å². The van der Waals surface area contributed by atoms with Crippen LogP contribution in [-0.2, 0) is 21.2 Å². The van der Waals surface area contributed by atoms with Crippen molar-refractivity contribution in [3.8, 4) is 5.75 Å². The van der Waals surface area contributed by atoms with Gasteiger partial charge in [-0.2, -0.15) is 0 Å². The second kappa shape index (κ2) is 10.1. The summed E-state index contributed by atoms with van der Waals surface area (Å²) >= 11 is 0. The normalized spacial score (nSPS) is 11.2. The van der Waals surface area contributed by atoms with Crippen molar-refractivity contribution in [2.75, 3.05) is 26.2 Å². The van der Waals surface area contributed by atoms with Gasteiger partial charge in [-0.3, -0.25) is 4.79 Å². The Kier molecular flexibility index (Phi) is 7.82. The van der Waals surface area contributed by atoms with Crippen LogP contribution in [0.5, 0.6) is 5.75 Å². The molecular formula is C20H26N2O4S. The molecule has 0 aliphatic heterocycles. The van der Waals surface area contributed by atoms with E-state index in [1.165, 1.54) is 19.1 Å². The Balaban J connectivity index is 1.88. The van der Waals surface area contributed by atoms with Gasteiger partial charge in [0.2, 0.25) is 15.9 Å². The minimum atomic E-state index is -3.62. The lowest BCUT2D eigenvalue weighted by atomic mass is 10.1. The molecule has 146 valence electrons. The quantitative estimate of drug-likeness (QED) is 0.676. The number of rotatable bonds is 10. The van der Waals surface area contributed by atoms with Gasteiger partial charge in [-0.05, 0) is 43.2 Å². The number of ether oxygens (including phenoxy) is 1. The first-order valence-electron chi connectivity index (χ1n) is 8.94. The summed E-state index contributed by atoms with van der Waals surface area (Å²) in [5.74, 6) is 0.548. The zero-order valence-corrected chi connectivity index (χ0v) is 16.5. The topological polar surface area (TPSA) is 75.7 Å². The molecular weight excluding hydrogens is 364 g/mol. The van der Waals surface area contributed by atoms with Gasteiger partial charge in [0.15, 0.2) is 0 Å². The van der Waals surface area contributed by atoms with E-state index < -0.39 is 10.0 Å². The highest BCUT2D eigenvalue weighted by molar-refractivity contribution is 7.89. The van der Waals surface area contributed by atoms with Crippen LogP contribution in [0.2, 0.25) is 0 Å². The summed E-state index contributed by atoms with van der Waals surface area (Å²) in [6, 6.07) is 16.1. The molecule has 0 aliphatic rings. The van der Waals surface area contributed by atoms with Crippen molar-refractivity contribution in [2.45, 2.75) is 25.2 Å². The van der Waals surface area contributed by atoms with Gasteiger partial charge in [-0.15, -0.1) is 0 Å². The maximum absolute atomic E-state index is 12.4. The Hall–Kier alpha value is -2.38. The maximum Gasteiger partial charge on any atom is 0.240 e. The highest BCUT2D eigenvalue weighted by Gasteiger charge is 2.15. The third-order valence-electron chi connectivity index (χ3n) is 4.08. The molecule has 7 heteroatoms. The number of carbonyl (C=O) groups excluding carboxylic acids is 1. The average Bonchev–Trinajstić information content (AvgIpc) is 2.65. The van der Waals surface area contributed by atoms with Gasteiger partial charge >= 0.3 is 0 Å². The Labute approximate surface area is 161 Å². The van der Waals surface area contributed by atoms with E-state index in [2.05, 4.69) is 4.72 Å². The van der Waals surface area contributed by atoms with Crippen molar-refractivity contribution in [3.63, 3.8) is 0 Å². The zero-order chi connectivity index (χ0) is 19.7. The first-order valence-corrected chi connectivity index (χ1v) is 10.4. The smallest absolute Gasteiger partial charge is 0.240 e. The highest BCUT2D eigenvalue weighted by Crippen LogP contribution is 2.15. The van der Waals surface area contributed by atoms with Crippen molar-refractivity contribution >= 4 is 15.9 Å². The SMILES string of the molecule is CCOc1ccc(S(=O)(=O)NCCN(CCc2ccccc2)C(C)=O)cc1.